The fourth-order valence-corrected chi connectivity index (χ4v) is 1.72. The number of amides is 1. The maximum Gasteiger partial charge on any atom is 0.254 e. The molecule has 0 spiro atoms. The van der Waals surface area contributed by atoms with Gasteiger partial charge >= 0.3 is 0 Å². The molecule has 2 N–H and O–H groups in total. The van der Waals surface area contributed by atoms with Crippen molar-refractivity contribution in [2.45, 2.75) is 6.92 Å². The molecule has 0 saturated carbocycles. The highest BCUT2D eigenvalue weighted by atomic mass is 35.5. The van der Waals surface area contributed by atoms with Crippen LogP contribution >= 0.6 is 23.8 Å². The molecule has 0 fully saturated rings. The number of rotatable bonds is 3. The zero-order valence-corrected chi connectivity index (χ0v) is 10.7. The summed E-state index contributed by atoms with van der Waals surface area (Å²) in [5.41, 5.74) is 6.73. The van der Waals surface area contributed by atoms with E-state index in [2.05, 4.69) is 0 Å². The normalized spacial score (nSPS) is 9.94. The van der Waals surface area contributed by atoms with Crippen LogP contribution in [0.15, 0.2) is 18.2 Å². The molecule has 0 heterocycles. The molecule has 1 aromatic rings. The molecule has 0 aromatic heterocycles. The van der Waals surface area contributed by atoms with Crippen molar-refractivity contribution in [1.29, 1.82) is 0 Å². The van der Waals surface area contributed by atoms with Gasteiger partial charge in [-0.05, 0) is 24.6 Å². The first-order valence-electron chi connectivity index (χ1n) is 4.72. The van der Waals surface area contributed by atoms with E-state index < -0.39 is 0 Å². The van der Waals surface area contributed by atoms with Crippen LogP contribution < -0.4 is 5.73 Å². The molecule has 86 valence electrons. The average molecular weight is 257 g/mol. The number of nitrogens with two attached hydrogens (primary N) is 1. The maximum atomic E-state index is 12.0. The summed E-state index contributed by atoms with van der Waals surface area (Å²) in [4.78, 5) is 13.8. The second kappa shape index (κ2) is 5.27. The Kier molecular flexibility index (Phi) is 4.26. The fraction of sp³-hybridized carbons (Fsp3) is 0.273. The van der Waals surface area contributed by atoms with Crippen molar-refractivity contribution in [2.24, 2.45) is 5.73 Å². The number of halogens is 1. The fourth-order valence-electron chi connectivity index (χ4n) is 1.35. The summed E-state index contributed by atoms with van der Waals surface area (Å²) in [6, 6.07) is 5.23. The molecule has 1 rings (SSSR count). The molecule has 0 atom stereocenters. The third-order valence-electron chi connectivity index (χ3n) is 2.24. The Bertz CT molecular complexity index is 434. The summed E-state index contributed by atoms with van der Waals surface area (Å²) < 4.78 is 0. The van der Waals surface area contributed by atoms with E-state index in [0.29, 0.717) is 10.6 Å². The Hall–Kier alpha value is -1.13. The van der Waals surface area contributed by atoms with E-state index in [9.17, 15) is 4.79 Å². The van der Waals surface area contributed by atoms with Crippen LogP contribution in [-0.2, 0) is 0 Å². The van der Waals surface area contributed by atoms with Crippen molar-refractivity contribution in [1.82, 2.24) is 4.90 Å². The third-order valence-corrected chi connectivity index (χ3v) is 2.78. The lowest BCUT2D eigenvalue weighted by Crippen LogP contribution is -2.34. The van der Waals surface area contributed by atoms with Crippen LogP contribution in [0.25, 0.3) is 0 Å². The van der Waals surface area contributed by atoms with Crippen LogP contribution in [0.5, 0.6) is 0 Å². The van der Waals surface area contributed by atoms with E-state index >= 15 is 0 Å². The smallest absolute Gasteiger partial charge is 0.254 e. The summed E-state index contributed by atoms with van der Waals surface area (Å²) in [5, 5.41) is 0.578. The number of thiocarbonyl (C=S) groups is 1. The molecule has 0 aliphatic rings. The van der Waals surface area contributed by atoms with E-state index in [1.54, 1.807) is 25.2 Å². The van der Waals surface area contributed by atoms with E-state index in [0.717, 1.165) is 5.56 Å². The van der Waals surface area contributed by atoms with Gasteiger partial charge in [-0.25, -0.2) is 0 Å². The number of carbonyl (C=O) groups is 1. The lowest BCUT2D eigenvalue weighted by Gasteiger charge is -2.17. The number of nitrogens with zero attached hydrogens (tertiary/aromatic N) is 1. The highest BCUT2D eigenvalue weighted by Gasteiger charge is 2.15. The first kappa shape index (κ1) is 12.9. The minimum absolute atomic E-state index is 0.132. The van der Waals surface area contributed by atoms with Gasteiger partial charge < -0.3 is 10.6 Å². The third kappa shape index (κ3) is 2.93. The minimum Gasteiger partial charge on any atom is -0.392 e. The van der Waals surface area contributed by atoms with Crippen LogP contribution in [-0.4, -0.2) is 29.4 Å². The summed E-state index contributed by atoms with van der Waals surface area (Å²) >= 11 is 10.7. The molecule has 0 saturated heterocycles. The van der Waals surface area contributed by atoms with Crippen molar-refractivity contribution < 1.29 is 4.79 Å². The Morgan fingerprint density at radius 2 is 2.19 bits per heavy atom. The lowest BCUT2D eigenvalue weighted by atomic mass is 10.1. The Labute approximate surface area is 105 Å². The number of carbonyl (C=O) groups excluding carboxylic acids is 1. The van der Waals surface area contributed by atoms with Crippen molar-refractivity contribution in [2.75, 3.05) is 13.6 Å². The van der Waals surface area contributed by atoms with E-state index in [1.165, 1.54) is 4.90 Å². The molecule has 0 aliphatic carbocycles. The maximum absolute atomic E-state index is 12.0. The summed E-state index contributed by atoms with van der Waals surface area (Å²) in [5.74, 6) is -0.132. The van der Waals surface area contributed by atoms with E-state index in [4.69, 9.17) is 29.6 Å². The number of benzene rings is 1. The van der Waals surface area contributed by atoms with E-state index in [1.807, 2.05) is 6.92 Å². The second-order valence-corrected chi connectivity index (χ2v) is 4.47. The Morgan fingerprint density at radius 3 is 2.75 bits per heavy atom. The second-order valence-electron chi connectivity index (χ2n) is 3.54. The van der Waals surface area contributed by atoms with Crippen LogP contribution in [0.4, 0.5) is 0 Å². The molecule has 3 nitrogen and oxygen atoms in total. The van der Waals surface area contributed by atoms with Gasteiger partial charge in [0.15, 0.2) is 0 Å². The molecule has 1 aromatic carbocycles. The van der Waals surface area contributed by atoms with Gasteiger partial charge in [0.1, 0.15) is 0 Å². The zero-order chi connectivity index (χ0) is 12.3. The molecule has 0 radical (unpaired) electrons. The first-order chi connectivity index (χ1) is 7.43. The number of hydrogen-bond donors (Lipinski definition) is 1. The van der Waals surface area contributed by atoms with Crippen LogP contribution in [0.1, 0.15) is 15.9 Å². The molecule has 0 unspecified atom stereocenters. The number of hydrogen-bond acceptors (Lipinski definition) is 2. The van der Waals surface area contributed by atoms with Crippen molar-refractivity contribution in [3.8, 4) is 0 Å². The predicted molar refractivity (Wildman–Crippen MR) is 69.9 cm³/mol. The summed E-state index contributed by atoms with van der Waals surface area (Å²) in [6.07, 6.45) is 0. The molecular formula is C11H13ClN2OS. The van der Waals surface area contributed by atoms with Crippen LogP contribution in [0.2, 0.25) is 5.02 Å². The zero-order valence-electron chi connectivity index (χ0n) is 9.16. The highest BCUT2D eigenvalue weighted by molar-refractivity contribution is 7.80. The van der Waals surface area contributed by atoms with Crippen molar-refractivity contribution in [3.63, 3.8) is 0 Å². The topological polar surface area (TPSA) is 46.3 Å². The average Bonchev–Trinajstić information content (AvgIpc) is 2.20. The summed E-state index contributed by atoms with van der Waals surface area (Å²) in [7, 11) is 1.65. The quantitative estimate of drug-likeness (QED) is 0.842. The largest absolute Gasteiger partial charge is 0.392 e. The van der Waals surface area contributed by atoms with Gasteiger partial charge in [-0.3, -0.25) is 4.79 Å². The predicted octanol–water partition coefficient (Wildman–Crippen LogP) is 2.01. The molecule has 16 heavy (non-hydrogen) atoms. The Balaban J connectivity index is 2.96. The van der Waals surface area contributed by atoms with Crippen molar-refractivity contribution >= 4 is 34.7 Å². The Morgan fingerprint density at radius 1 is 1.56 bits per heavy atom. The standard InChI is InChI=1S/C11H13ClN2OS/c1-7-8(4-3-5-9(7)12)11(15)14(2)6-10(13)16/h3-5H,6H2,1-2H3,(H2,13,16). The number of likely N-dealkylation sites (N-methyl/N-ethyl adjacent to an activating group) is 1. The van der Waals surface area contributed by atoms with Gasteiger partial charge in [0, 0.05) is 17.6 Å². The van der Waals surface area contributed by atoms with Gasteiger partial charge in [-0.1, -0.05) is 29.9 Å². The van der Waals surface area contributed by atoms with Gasteiger partial charge in [0.25, 0.3) is 5.91 Å². The SMILES string of the molecule is Cc1c(Cl)cccc1C(=O)N(C)CC(N)=S. The molecule has 1 amide bonds. The van der Waals surface area contributed by atoms with Gasteiger partial charge in [0.2, 0.25) is 0 Å². The van der Waals surface area contributed by atoms with Crippen LogP contribution in [0, 0.1) is 6.92 Å². The minimum atomic E-state index is -0.132. The molecule has 0 aliphatic heterocycles. The van der Waals surface area contributed by atoms with Gasteiger partial charge in [-0.2, -0.15) is 0 Å². The van der Waals surface area contributed by atoms with Gasteiger partial charge in [0.05, 0.1) is 11.5 Å². The van der Waals surface area contributed by atoms with E-state index in [-0.39, 0.29) is 17.4 Å². The molecular weight excluding hydrogens is 244 g/mol. The molecule has 5 heteroatoms. The van der Waals surface area contributed by atoms with Crippen molar-refractivity contribution in [3.05, 3.63) is 34.3 Å². The monoisotopic (exact) mass is 256 g/mol. The summed E-state index contributed by atoms with van der Waals surface area (Å²) in [6.45, 7) is 2.07. The van der Waals surface area contributed by atoms with Crippen LogP contribution in [0.3, 0.4) is 0 Å². The highest BCUT2D eigenvalue weighted by Crippen LogP contribution is 2.19. The van der Waals surface area contributed by atoms with Gasteiger partial charge in [-0.15, -0.1) is 0 Å². The lowest BCUT2D eigenvalue weighted by molar-refractivity contribution is 0.0814. The molecule has 0 bridgehead atoms. The first-order valence-corrected chi connectivity index (χ1v) is 5.51.